The minimum atomic E-state index is -0.0482. The Morgan fingerprint density at radius 2 is 1.79 bits per heavy atom. The molecule has 5 aromatic rings. The first-order chi connectivity index (χ1) is 16.6. The van der Waals surface area contributed by atoms with Crippen LogP contribution in [0, 0.1) is 12.8 Å². The minimum absolute atomic E-state index is 0.0482. The molecule has 1 N–H and O–H groups in total. The van der Waals surface area contributed by atoms with Crippen molar-refractivity contribution in [3.05, 3.63) is 72.3 Å². The average Bonchev–Trinajstić information content (AvgIpc) is 3.48. The predicted molar refractivity (Wildman–Crippen MR) is 143 cm³/mol. The Kier molecular flexibility index (Phi) is 5.51. The van der Waals surface area contributed by atoms with Crippen LogP contribution < -0.4 is 10.2 Å². The number of hydrogen-bond donors (Lipinski definition) is 1. The van der Waals surface area contributed by atoms with Gasteiger partial charge in [-0.05, 0) is 73.9 Å². The Bertz CT molecular complexity index is 1450. The highest BCUT2D eigenvalue weighted by atomic mass is 32.1. The molecule has 0 bridgehead atoms. The maximum atomic E-state index is 13.1. The molecular weight excluding hydrogens is 460 g/mol. The third-order valence-electron chi connectivity index (χ3n) is 6.29. The fraction of sp³-hybridized carbons (Fsp3) is 0.222. The summed E-state index contributed by atoms with van der Waals surface area (Å²) in [5.74, 6) is 0.0296. The van der Waals surface area contributed by atoms with Crippen LogP contribution in [0.1, 0.15) is 18.4 Å². The molecule has 2 aromatic heterocycles. The first-order valence-corrected chi connectivity index (χ1v) is 13.1. The molecule has 1 aliphatic heterocycles. The van der Waals surface area contributed by atoms with Crippen LogP contribution in [0.3, 0.4) is 0 Å². The number of carbonyl (C=O) groups excluding carboxylic acids is 1. The van der Waals surface area contributed by atoms with E-state index < -0.39 is 0 Å². The van der Waals surface area contributed by atoms with Gasteiger partial charge in [0, 0.05) is 24.3 Å². The number of amides is 1. The van der Waals surface area contributed by atoms with E-state index in [0.717, 1.165) is 51.8 Å². The van der Waals surface area contributed by atoms with Gasteiger partial charge in [-0.25, -0.2) is 9.97 Å². The van der Waals surface area contributed by atoms with E-state index >= 15 is 0 Å². The van der Waals surface area contributed by atoms with Gasteiger partial charge in [0.2, 0.25) is 5.91 Å². The van der Waals surface area contributed by atoms with Crippen molar-refractivity contribution in [2.75, 3.05) is 23.3 Å². The highest BCUT2D eigenvalue weighted by Gasteiger charge is 2.27. The van der Waals surface area contributed by atoms with Crippen molar-refractivity contribution in [1.29, 1.82) is 0 Å². The van der Waals surface area contributed by atoms with Gasteiger partial charge in [0.05, 0.1) is 26.4 Å². The zero-order chi connectivity index (χ0) is 23.1. The molecule has 1 aliphatic rings. The molecule has 0 aliphatic carbocycles. The van der Waals surface area contributed by atoms with E-state index in [0.29, 0.717) is 6.54 Å². The zero-order valence-electron chi connectivity index (χ0n) is 18.8. The molecule has 1 saturated heterocycles. The lowest BCUT2D eigenvalue weighted by Gasteiger charge is -2.31. The average molecular weight is 485 g/mol. The summed E-state index contributed by atoms with van der Waals surface area (Å²) >= 11 is 3.40. The molecule has 0 saturated carbocycles. The molecule has 5 nitrogen and oxygen atoms in total. The van der Waals surface area contributed by atoms with Crippen molar-refractivity contribution < 1.29 is 4.79 Å². The Balaban J connectivity index is 1.14. The number of carbonyl (C=O) groups is 1. The van der Waals surface area contributed by atoms with E-state index in [1.165, 1.54) is 15.0 Å². The second kappa shape index (κ2) is 8.81. The second-order valence-corrected chi connectivity index (χ2v) is 10.8. The van der Waals surface area contributed by atoms with E-state index in [9.17, 15) is 4.79 Å². The number of anilines is 2. The summed E-state index contributed by atoms with van der Waals surface area (Å²) in [5.41, 5.74) is 5.18. The summed E-state index contributed by atoms with van der Waals surface area (Å²) in [4.78, 5) is 24.9. The highest BCUT2D eigenvalue weighted by Crippen LogP contribution is 2.33. The topological polar surface area (TPSA) is 58.1 Å². The summed E-state index contributed by atoms with van der Waals surface area (Å²) in [6.07, 6.45) is 1.89. The fourth-order valence-electron chi connectivity index (χ4n) is 4.46. The van der Waals surface area contributed by atoms with Crippen LogP contribution >= 0.6 is 22.7 Å². The Labute approximate surface area is 206 Å². The Hall–Kier alpha value is -3.29. The predicted octanol–water partition coefficient (Wildman–Crippen LogP) is 6.74. The summed E-state index contributed by atoms with van der Waals surface area (Å²) in [6.45, 7) is 3.75. The van der Waals surface area contributed by atoms with Crippen molar-refractivity contribution in [3.8, 4) is 10.6 Å². The standard InChI is InChI=1S/C27H24N4OS2/c1-17-8-13-22-24(15-17)33-26(29-22)18-9-11-20(12-10-18)28-25(32)19-5-4-14-31(16-19)27-30-21-6-2-3-7-23(21)34-27/h2-3,6-13,15,19H,4-5,14,16H2,1H3,(H,28,32). The Morgan fingerprint density at radius 3 is 2.65 bits per heavy atom. The SMILES string of the molecule is Cc1ccc2nc(-c3ccc(NC(=O)C4CCCN(c5nc6ccccc6s5)C4)cc3)sc2c1. The number of piperidine rings is 1. The van der Waals surface area contributed by atoms with E-state index in [2.05, 4.69) is 41.4 Å². The van der Waals surface area contributed by atoms with Crippen molar-refractivity contribution in [2.45, 2.75) is 19.8 Å². The molecule has 170 valence electrons. The van der Waals surface area contributed by atoms with E-state index in [1.807, 2.05) is 42.5 Å². The summed E-state index contributed by atoms with van der Waals surface area (Å²) in [5, 5.41) is 5.13. The Morgan fingerprint density at radius 1 is 0.971 bits per heavy atom. The van der Waals surface area contributed by atoms with Gasteiger partial charge in [-0.1, -0.05) is 29.5 Å². The van der Waals surface area contributed by atoms with Gasteiger partial charge in [0.25, 0.3) is 0 Å². The summed E-state index contributed by atoms with van der Waals surface area (Å²) < 4.78 is 2.38. The van der Waals surface area contributed by atoms with Crippen LogP contribution in [-0.2, 0) is 4.79 Å². The van der Waals surface area contributed by atoms with Crippen LogP contribution in [-0.4, -0.2) is 29.0 Å². The van der Waals surface area contributed by atoms with Gasteiger partial charge >= 0.3 is 0 Å². The van der Waals surface area contributed by atoms with Gasteiger partial charge < -0.3 is 10.2 Å². The first kappa shape index (κ1) is 21.3. The van der Waals surface area contributed by atoms with Crippen molar-refractivity contribution >= 4 is 59.8 Å². The van der Waals surface area contributed by atoms with Gasteiger partial charge in [-0.3, -0.25) is 4.79 Å². The minimum Gasteiger partial charge on any atom is -0.347 e. The number of fused-ring (bicyclic) bond motifs is 2. The van der Waals surface area contributed by atoms with Crippen molar-refractivity contribution in [1.82, 2.24) is 9.97 Å². The number of hydrogen-bond acceptors (Lipinski definition) is 6. The van der Waals surface area contributed by atoms with E-state index in [-0.39, 0.29) is 11.8 Å². The quantitative estimate of drug-likeness (QED) is 0.307. The molecule has 1 fully saturated rings. The molecular formula is C27H24N4OS2. The third kappa shape index (κ3) is 4.17. The summed E-state index contributed by atoms with van der Waals surface area (Å²) in [7, 11) is 0. The van der Waals surface area contributed by atoms with E-state index in [4.69, 9.17) is 9.97 Å². The normalized spacial score (nSPS) is 16.3. The largest absolute Gasteiger partial charge is 0.347 e. The van der Waals surface area contributed by atoms with Gasteiger partial charge in [-0.2, -0.15) is 0 Å². The zero-order valence-corrected chi connectivity index (χ0v) is 20.5. The molecule has 7 heteroatoms. The number of para-hydroxylation sites is 1. The molecule has 0 spiro atoms. The first-order valence-electron chi connectivity index (χ1n) is 11.5. The number of aryl methyl sites for hydroxylation is 1. The second-order valence-electron chi connectivity index (χ2n) is 8.81. The molecule has 3 heterocycles. The highest BCUT2D eigenvalue weighted by molar-refractivity contribution is 7.22. The molecule has 3 aromatic carbocycles. The van der Waals surface area contributed by atoms with Gasteiger partial charge in [0.1, 0.15) is 5.01 Å². The van der Waals surface area contributed by atoms with Crippen LogP contribution in [0.5, 0.6) is 0 Å². The van der Waals surface area contributed by atoms with Crippen LogP contribution in [0.25, 0.3) is 31.0 Å². The van der Waals surface area contributed by atoms with E-state index in [1.54, 1.807) is 22.7 Å². The molecule has 34 heavy (non-hydrogen) atoms. The van der Waals surface area contributed by atoms with Crippen molar-refractivity contribution in [3.63, 3.8) is 0 Å². The number of nitrogens with zero attached hydrogens (tertiary/aromatic N) is 3. The number of benzene rings is 3. The number of rotatable bonds is 4. The smallest absolute Gasteiger partial charge is 0.229 e. The van der Waals surface area contributed by atoms with Crippen LogP contribution in [0.2, 0.25) is 0 Å². The molecule has 0 radical (unpaired) electrons. The number of aromatic nitrogens is 2. The van der Waals surface area contributed by atoms with Crippen LogP contribution in [0.4, 0.5) is 10.8 Å². The lowest BCUT2D eigenvalue weighted by molar-refractivity contribution is -0.120. The lowest BCUT2D eigenvalue weighted by Crippen LogP contribution is -2.40. The van der Waals surface area contributed by atoms with Crippen molar-refractivity contribution in [2.24, 2.45) is 5.92 Å². The van der Waals surface area contributed by atoms with Gasteiger partial charge in [0.15, 0.2) is 5.13 Å². The molecule has 1 atom stereocenters. The number of nitrogens with one attached hydrogen (secondary N) is 1. The lowest BCUT2D eigenvalue weighted by atomic mass is 9.97. The molecule has 6 rings (SSSR count). The fourth-order valence-corrected chi connectivity index (χ4v) is 6.53. The molecule has 1 amide bonds. The third-order valence-corrected chi connectivity index (χ3v) is 8.45. The maximum Gasteiger partial charge on any atom is 0.229 e. The monoisotopic (exact) mass is 484 g/mol. The number of thiazole rings is 2. The summed E-state index contributed by atoms with van der Waals surface area (Å²) in [6, 6.07) is 22.6. The van der Waals surface area contributed by atoms with Gasteiger partial charge in [-0.15, -0.1) is 11.3 Å². The van der Waals surface area contributed by atoms with Crippen LogP contribution in [0.15, 0.2) is 66.7 Å². The maximum absolute atomic E-state index is 13.1. The molecule has 1 unspecified atom stereocenters.